The van der Waals surface area contributed by atoms with Gasteiger partial charge in [0.05, 0.1) is 5.75 Å². The van der Waals surface area contributed by atoms with Gasteiger partial charge < -0.3 is 15.2 Å². The highest BCUT2D eigenvalue weighted by Crippen LogP contribution is 2.33. The van der Waals surface area contributed by atoms with Crippen molar-refractivity contribution in [2.45, 2.75) is 17.9 Å². The molecule has 0 radical (unpaired) electrons. The Kier molecular flexibility index (Phi) is 3.74. The molecule has 21 heavy (non-hydrogen) atoms. The molecule has 1 atom stereocenters. The molecule has 0 aromatic carbocycles. The zero-order chi connectivity index (χ0) is 14.8. The third-order valence-electron chi connectivity index (χ3n) is 3.18. The Morgan fingerprint density at radius 3 is 3.14 bits per heavy atom. The van der Waals surface area contributed by atoms with Crippen molar-refractivity contribution in [1.82, 2.24) is 24.7 Å². The number of carbonyl (C=O) groups excluding carboxylic acids is 1. The largest absolute Gasteiger partial charge is 0.367 e. The minimum absolute atomic E-state index is 0.0355. The smallest absolute Gasteiger partial charge is 0.234 e. The van der Waals surface area contributed by atoms with Crippen LogP contribution in [0.1, 0.15) is 18.7 Å². The molecule has 0 spiro atoms. The van der Waals surface area contributed by atoms with E-state index >= 15 is 0 Å². The van der Waals surface area contributed by atoms with E-state index in [2.05, 4.69) is 37.7 Å². The molecule has 110 valence electrons. The zero-order valence-electron chi connectivity index (χ0n) is 11.7. The average Bonchev–Trinajstić information content (AvgIpc) is 2.91. The van der Waals surface area contributed by atoms with Gasteiger partial charge in [-0.15, -0.1) is 10.2 Å². The van der Waals surface area contributed by atoms with Gasteiger partial charge in [0.2, 0.25) is 5.91 Å². The van der Waals surface area contributed by atoms with Gasteiger partial charge in [-0.1, -0.05) is 18.7 Å². The van der Waals surface area contributed by atoms with Crippen molar-refractivity contribution >= 4 is 29.2 Å². The van der Waals surface area contributed by atoms with Crippen LogP contribution in [-0.2, 0) is 11.8 Å². The summed E-state index contributed by atoms with van der Waals surface area (Å²) in [7, 11) is 1.91. The van der Waals surface area contributed by atoms with Gasteiger partial charge in [-0.2, -0.15) is 0 Å². The summed E-state index contributed by atoms with van der Waals surface area (Å²) in [5.41, 5.74) is 0.656. The molecular formula is C12H15N7OS. The molecule has 0 bridgehead atoms. The van der Waals surface area contributed by atoms with Crippen molar-refractivity contribution in [2.24, 2.45) is 7.05 Å². The second kappa shape index (κ2) is 5.68. The fourth-order valence-electron chi connectivity index (χ4n) is 2.11. The van der Waals surface area contributed by atoms with Gasteiger partial charge in [0.1, 0.15) is 29.2 Å². The maximum absolute atomic E-state index is 11.5. The van der Waals surface area contributed by atoms with E-state index in [0.29, 0.717) is 23.8 Å². The van der Waals surface area contributed by atoms with Crippen LogP contribution in [0, 0.1) is 0 Å². The van der Waals surface area contributed by atoms with Gasteiger partial charge >= 0.3 is 0 Å². The summed E-state index contributed by atoms with van der Waals surface area (Å²) in [4.78, 5) is 19.9. The number of fused-ring (bicyclic) bond motifs is 1. The summed E-state index contributed by atoms with van der Waals surface area (Å²) in [6.07, 6.45) is 3.17. The summed E-state index contributed by atoms with van der Waals surface area (Å²) in [5.74, 6) is 2.04. The van der Waals surface area contributed by atoms with Crippen LogP contribution in [0.4, 0.5) is 11.5 Å². The van der Waals surface area contributed by atoms with E-state index in [9.17, 15) is 4.79 Å². The Bertz CT molecular complexity index is 671. The van der Waals surface area contributed by atoms with Gasteiger partial charge in [0, 0.05) is 19.5 Å². The van der Waals surface area contributed by atoms with Crippen molar-refractivity contribution in [1.29, 1.82) is 0 Å². The SMILES string of the molecule is CC(CNc1ncnc2c1NC(=O)CS2)c1nncn1C. The molecule has 3 heterocycles. The molecule has 1 aliphatic heterocycles. The van der Waals surface area contributed by atoms with Gasteiger partial charge in [0.25, 0.3) is 0 Å². The van der Waals surface area contributed by atoms with E-state index in [1.165, 1.54) is 18.1 Å². The van der Waals surface area contributed by atoms with Crippen molar-refractivity contribution in [3.05, 3.63) is 18.5 Å². The van der Waals surface area contributed by atoms with Gasteiger partial charge in [-0.05, 0) is 0 Å². The summed E-state index contributed by atoms with van der Waals surface area (Å²) >= 11 is 1.42. The molecule has 2 N–H and O–H groups in total. The number of aromatic nitrogens is 5. The lowest BCUT2D eigenvalue weighted by atomic mass is 10.1. The van der Waals surface area contributed by atoms with Crippen LogP contribution in [0.2, 0.25) is 0 Å². The number of amides is 1. The number of thioether (sulfide) groups is 1. The van der Waals surface area contributed by atoms with Crippen LogP contribution in [-0.4, -0.2) is 42.9 Å². The summed E-state index contributed by atoms with van der Waals surface area (Å²) in [6, 6.07) is 0. The van der Waals surface area contributed by atoms with E-state index < -0.39 is 0 Å². The fraction of sp³-hybridized carbons (Fsp3) is 0.417. The lowest BCUT2D eigenvalue weighted by Crippen LogP contribution is -2.22. The third kappa shape index (κ3) is 2.82. The molecule has 9 heteroatoms. The Hall–Kier alpha value is -2.16. The van der Waals surface area contributed by atoms with E-state index in [4.69, 9.17) is 0 Å². The molecule has 0 fully saturated rings. The van der Waals surface area contributed by atoms with Crippen molar-refractivity contribution in [3.8, 4) is 0 Å². The van der Waals surface area contributed by atoms with E-state index in [1.54, 1.807) is 6.33 Å². The van der Waals surface area contributed by atoms with Crippen molar-refractivity contribution < 1.29 is 4.79 Å². The zero-order valence-corrected chi connectivity index (χ0v) is 12.5. The van der Waals surface area contributed by atoms with Gasteiger partial charge in [-0.3, -0.25) is 4.79 Å². The van der Waals surface area contributed by atoms with Crippen LogP contribution in [0.3, 0.4) is 0 Å². The number of rotatable bonds is 4. The molecule has 0 saturated heterocycles. The first-order chi connectivity index (χ1) is 10.1. The molecule has 1 unspecified atom stereocenters. The maximum Gasteiger partial charge on any atom is 0.234 e. The average molecular weight is 305 g/mol. The lowest BCUT2D eigenvalue weighted by molar-refractivity contribution is -0.113. The number of nitrogens with one attached hydrogen (secondary N) is 2. The minimum Gasteiger partial charge on any atom is -0.367 e. The molecule has 0 saturated carbocycles. The molecule has 1 aliphatic rings. The monoisotopic (exact) mass is 305 g/mol. The van der Waals surface area contributed by atoms with Gasteiger partial charge in [-0.25, -0.2) is 9.97 Å². The highest BCUT2D eigenvalue weighted by Gasteiger charge is 2.21. The third-order valence-corrected chi connectivity index (χ3v) is 4.17. The number of hydrogen-bond donors (Lipinski definition) is 2. The molecule has 8 nitrogen and oxygen atoms in total. The van der Waals surface area contributed by atoms with Crippen molar-refractivity contribution in [3.63, 3.8) is 0 Å². The molecule has 2 aromatic heterocycles. The predicted molar refractivity (Wildman–Crippen MR) is 79.3 cm³/mol. The highest BCUT2D eigenvalue weighted by molar-refractivity contribution is 8.00. The summed E-state index contributed by atoms with van der Waals surface area (Å²) < 4.78 is 1.89. The number of hydrogen-bond acceptors (Lipinski definition) is 7. The van der Waals surface area contributed by atoms with E-state index in [0.717, 1.165) is 10.9 Å². The second-order valence-electron chi connectivity index (χ2n) is 4.82. The van der Waals surface area contributed by atoms with E-state index in [1.807, 2.05) is 11.6 Å². The molecule has 3 rings (SSSR count). The molecule has 1 amide bonds. The van der Waals surface area contributed by atoms with Crippen LogP contribution in [0.25, 0.3) is 0 Å². The molecule has 2 aromatic rings. The Labute approximate surface area is 125 Å². The Morgan fingerprint density at radius 2 is 2.38 bits per heavy atom. The first-order valence-electron chi connectivity index (χ1n) is 6.50. The predicted octanol–water partition coefficient (Wildman–Crippen LogP) is 0.865. The van der Waals surface area contributed by atoms with E-state index in [-0.39, 0.29) is 11.8 Å². The normalized spacial score (nSPS) is 15.2. The molecule has 0 aliphatic carbocycles. The van der Waals surface area contributed by atoms with Crippen LogP contribution < -0.4 is 10.6 Å². The number of nitrogens with zero attached hydrogens (tertiary/aromatic N) is 5. The fourth-order valence-corrected chi connectivity index (χ4v) is 2.87. The summed E-state index contributed by atoms with van der Waals surface area (Å²) in [5, 5.41) is 14.8. The quantitative estimate of drug-likeness (QED) is 0.809. The van der Waals surface area contributed by atoms with Gasteiger partial charge in [0.15, 0.2) is 5.82 Å². The van der Waals surface area contributed by atoms with Crippen LogP contribution >= 0.6 is 11.8 Å². The number of aryl methyl sites for hydroxylation is 1. The minimum atomic E-state index is -0.0355. The van der Waals surface area contributed by atoms with Crippen LogP contribution in [0.15, 0.2) is 17.7 Å². The number of carbonyl (C=O) groups is 1. The maximum atomic E-state index is 11.5. The lowest BCUT2D eigenvalue weighted by Gasteiger charge is -2.19. The highest BCUT2D eigenvalue weighted by atomic mass is 32.2. The van der Waals surface area contributed by atoms with Crippen molar-refractivity contribution in [2.75, 3.05) is 22.9 Å². The number of anilines is 2. The Balaban J connectivity index is 1.74. The Morgan fingerprint density at radius 1 is 1.52 bits per heavy atom. The first kappa shape index (κ1) is 13.8. The second-order valence-corrected chi connectivity index (χ2v) is 5.79. The topological polar surface area (TPSA) is 97.6 Å². The molecular weight excluding hydrogens is 290 g/mol. The summed E-state index contributed by atoms with van der Waals surface area (Å²) in [6.45, 7) is 2.69. The van der Waals surface area contributed by atoms with Crippen LogP contribution in [0.5, 0.6) is 0 Å². The first-order valence-corrected chi connectivity index (χ1v) is 7.49. The standard InChI is InChI=1S/C12H15N7OS/c1-7(11-18-16-6-19(11)2)3-13-10-9-12(15-5-14-10)21-4-8(20)17-9/h5-7H,3-4H2,1-2H3,(H,17,20)(H,13,14,15).